The normalized spacial score (nSPS) is 15.9. The van der Waals surface area contributed by atoms with Crippen LogP contribution in [-0.4, -0.2) is 28.8 Å². The Morgan fingerprint density at radius 3 is 2.19 bits per heavy atom. The lowest BCUT2D eigenvalue weighted by atomic mass is 10.00. The molecule has 2 aromatic carbocycles. The van der Waals surface area contributed by atoms with Gasteiger partial charge in [-0.1, -0.05) is 36.8 Å². The van der Waals surface area contributed by atoms with E-state index in [9.17, 15) is 14.9 Å². The molecule has 0 radical (unpaired) electrons. The third kappa shape index (κ3) is 4.34. The highest BCUT2D eigenvalue weighted by Gasteiger charge is 2.29. The summed E-state index contributed by atoms with van der Waals surface area (Å²) < 4.78 is 0. The molecule has 0 bridgehead atoms. The number of para-hydroxylation sites is 1. The zero-order valence-corrected chi connectivity index (χ0v) is 15.8. The fraction of sp³-hybridized carbons (Fsp3) is 0.381. The number of nitro groups is 1. The molecule has 3 rings (SSSR count). The standard InChI is InChI=1S/C21H25N3O3/c1-15-7-6-8-16(2)19(15)22-21(25)20(23-13-4-3-5-14-23)17-9-11-18(12-10-17)24(26)27/h6-12,20H,3-5,13-14H2,1-2H3,(H,22,25)/t20-/m1/s1. The van der Waals surface area contributed by atoms with E-state index in [-0.39, 0.29) is 11.6 Å². The highest BCUT2D eigenvalue weighted by Crippen LogP contribution is 2.29. The molecule has 1 fully saturated rings. The van der Waals surface area contributed by atoms with Gasteiger partial charge >= 0.3 is 0 Å². The summed E-state index contributed by atoms with van der Waals surface area (Å²) in [6, 6.07) is 11.8. The Hall–Kier alpha value is -2.73. The molecule has 142 valence electrons. The van der Waals surface area contributed by atoms with Crippen LogP contribution in [0.5, 0.6) is 0 Å². The molecule has 0 spiro atoms. The van der Waals surface area contributed by atoms with Crippen molar-refractivity contribution >= 4 is 17.3 Å². The smallest absolute Gasteiger partial charge is 0.269 e. The van der Waals surface area contributed by atoms with E-state index in [1.54, 1.807) is 12.1 Å². The van der Waals surface area contributed by atoms with Crippen LogP contribution in [0.4, 0.5) is 11.4 Å². The van der Waals surface area contributed by atoms with Gasteiger partial charge < -0.3 is 5.32 Å². The molecule has 1 atom stereocenters. The molecule has 0 unspecified atom stereocenters. The van der Waals surface area contributed by atoms with Gasteiger partial charge in [0.15, 0.2) is 0 Å². The Labute approximate surface area is 159 Å². The molecule has 0 saturated carbocycles. The third-order valence-electron chi connectivity index (χ3n) is 5.15. The minimum atomic E-state index is -0.454. The molecule has 1 aliphatic heterocycles. The molecule has 1 aliphatic rings. The minimum absolute atomic E-state index is 0.0336. The van der Waals surface area contributed by atoms with Gasteiger partial charge in [0.2, 0.25) is 5.91 Å². The van der Waals surface area contributed by atoms with Crippen molar-refractivity contribution in [2.24, 2.45) is 0 Å². The minimum Gasteiger partial charge on any atom is -0.324 e. The van der Waals surface area contributed by atoms with Gasteiger partial charge in [-0.25, -0.2) is 0 Å². The number of aryl methyl sites for hydroxylation is 2. The van der Waals surface area contributed by atoms with E-state index >= 15 is 0 Å². The van der Waals surface area contributed by atoms with Crippen LogP contribution >= 0.6 is 0 Å². The summed E-state index contributed by atoms with van der Waals surface area (Å²) in [5.74, 6) is -0.0943. The molecule has 1 saturated heterocycles. The molecular weight excluding hydrogens is 342 g/mol. The Morgan fingerprint density at radius 1 is 1.04 bits per heavy atom. The van der Waals surface area contributed by atoms with Gasteiger partial charge in [-0.3, -0.25) is 19.8 Å². The van der Waals surface area contributed by atoms with Crippen LogP contribution < -0.4 is 5.32 Å². The van der Waals surface area contributed by atoms with E-state index in [1.165, 1.54) is 18.6 Å². The topological polar surface area (TPSA) is 75.5 Å². The molecule has 2 aromatic rings. The number of nitrogens with one attached hydrogen (secondary N) is 1. The quantitative estimate of drug-likeness (QED) is 0.629. The number of benzene rings is 2. The number of hydrogen-bond donors (Lipinski definition) is 1. The molecule has 6 nitrogen and oxygen atoms in total. The number of likely N-dealkylation sites (tertiary alicyclic amines) is 1. The summed E-state index contributed by atoms with van der Waals surface area (Å²) in [6.45, 7) is 5.65. The van der Waals surface area contributed by atoms with Gasteiger partial charge in [0, 0.05) is 17.8 Å². The predicted molar refractivity (Wildman–Crippen MR) is 106 cm³/mol. The highest BCUT2D eigenvalue weighted by molar-refractivity contribution is 5.96. The first-order valence-electron chi connectivity index (χ1n) is 9.33. The second-order valence-corrected chi connectivity index (χ2v) is 7.10. The van der Waals surface area contributed by atoms with Crippen molar-refractivity contribution in [2.45, 2.75) is 39.2 Å². The third-order valence-corrected chi connectivity index (χ3v) is 5.15. The van der Waals surface area contributed by atoms with Crippen LogP contribution in [-0.2, 0) is 4.79 Å². The number of piperidine rings is 1. The van der Waals surface area contributed by atoms with Gasteiger partial charge in [0.25, 0.3) is 5.69 Å². The number of nitrogens with zero attached hydrogens (tertiary/aromatic N) is 2. The maximum Gasteiger partial charge on any atom is 0.269 e. The number of hydrogen-bond acceptors (Lipinski definition) is 4. The fourth-order valence-corrected chi connectivity index (χ4v) is 3.69. The lowest BCUT2D eigenvalue weighted by Crippen LogP contribution is -2.40. The summed E-state index contributed by atoms with van der Waals surface area (Å²) >= 11 is 0. The summed E-state index contributed by atoms with van der Waals surface area (Å²) in [5, 5.41) is 14.0. The Morgan fingerprint density at radius 2 is 1.63 bits per heavy atom. The van der Waals surface area contributed by atoms with Crippen molar-refractivity contribution < 1.29 is 9.72 Å². The Kier molecular flexibility index (Phi) is 5.86. The van der Waals surface area contributed by atoms with Crippen molar-refractivity contribution in [1.29, 1.82) is 0 Å². The number of non-ortho nitro benzene ring substituents is 1. The van der Waals surface area contributed by atoms with E-state index < -0.39 is 11.0 Å². The van der Waals surface area contributed by atoms with Crippen molar-refractivity contribution in [3.63, 3.8) is 0 Å². The van der Waals surface area contributed by atoms with Gasteiger partial charge in [0.05, 0.1) is 4.92 Å². The molecule has 27 heavy (non-hydrogen) atoms. The first-order valence-corrected chi connectivity index (χ1v) is 9.33. The van der Waals surface area contributed by atoms with Crippen LogP contribution in [0.15, 0.2) is 42.5 Å². The molecular formula is C21H25N3O3. The summed E-state index contributed by atoms with van der Waals surface area (Å²) in [7, 11) is 0. The molecule has 1 amide bonds. The SMILES string of the molecule is Cc1cccc(C)c1NC(=O)[C@@H](c1ccc([N+](=O)[O-])cc1)N1CCCCC1. The highest BCUT2D eigenvalue weighted by atomic mass is 16.6. The lowest BCUT2D eigenvalue weighted by molar-refractivity contribution is -0.384. The van der Waals surface area contributed by atoms with Crippen molar-refractivity contribution in [2.75, 3.05) is 18.4 Å². The van der Waals surface area contributed by atoms with Crippen molar-refractivity contribution in [1.82, 2.24) is 4.90 Å². The number of amides is 1. The van der Waals surface area contributed by atoms with Gasteiger partial charge in [-0.05, 0) is 56.5 Å². The summed E-state index contributed by atoms with van der Waals surface area (Å²) in [5.41, 5.74) is 3.69. The van der Waals surface area contributed by atoms with Crippen LogP contribution in [0.25, 0.3) is 0 Å². The predicted octanol–water partition coefficient (Wildman–Crippen LogP) is 4.38. The van der Waals surface area contributed by atoms with Crippen LogP contribution in [0.2, 0.25) is 0 Å². The van der Waals surface area contributed by atoms with E-state index in [0.29, 0.717) is 0 Å². The average Bonchev–Trinajstić information content (AvgIpc) is 2.66. The molecule has 6 heteroatoms. The van der Waals surface area contributed by atoms with Crippen LogP contribution in [0.1, 0.15) is 42.0 Å². The van der Waals surface area contributed by atoms with Gasteiger partial charge in [-0.15, -0.1) is 0 Å². The zero-order chi connectivity index (χ0) is 19.4. The Balaban J connectivity index is 1.91. The van der Waals surface area contributed by atoms with Crippen LogP contribution in [0, 0.1) is 24.0 Å². The second kappa shape index (κ2) is 8.31. The van der Waals surface area contributed by atoms with E-state index in [1.807, 2.05) is 32.0 Å². The first kappa shape index (κ1) is 19.0. The molecule has 0 aromatic heterocycles. The fourth-order valence-electron chi connectivity index (χ4n) is 3.69. The number of carbonyl (C=O) groups excluding carboxylic acids is 1. The van der Waals surface area contributed by atoms with Gasteiger partial charge in [-0.2, -0.15) is 0 Å². The molecule has 1 N–H and O–H groups in total. The maximum atomic E-state index is 13.2. The van der Waals surface area contributed by atoms with E-state index in [2.05, 4.69) is 10.2 Å². The average molecular weight is 367 g/mol. The number of nitro benzene ring substituents is 1. The van der Waals surface area contributed by atoms with Crippen molar-refractivity contribution in [3.8, 4) is 0 Å². The van der Waals surface area contributed by atoms with Gasteiger partial charge in [0.1, 0.15) is 6.04 Å². The maximum absolute atomic E-state index is 13.2. The Bertz CT molecular complexity index is 807. The van der Waals surface area contributed by atoms with E-state index in [0.717, 1.165) is 48.3 Å². The number of rotatable bonds is 5. The number of anilines is 1. The lowest BCUT2D eigenvalue weighted by Gasteiger charge is -2.34. The number of carbonyl (C=O) groups is 1. The second-order valence-electron chi connectivity index (χ2n) is 7.10. The van der Waals surface area contributed by atoms with Crippen LogP contribution in [0.3, 0.4) is 0 Å². The first-order chi connectivity index (χ1) is 13.0. The van der Waals surface area contributed by atoms with E-state index in [4.69, 9.17) is 0 Å². The summed E-state index contributed by atoms with van der Waals surface area (Å²) in [4.78, 5) is 26.0. The summed E-state index contributed by atoms with van der Waals surface area (Å²) in [6.07, 6.45) is 3.28. The van der Waals surface area contributed by atoms with Crippen molar-refractivity contribution in [3.05, 3.63) is 69.3 Å². The zero-order valence-electron chi connectivity index (χ0n) is 15.8. The largest absolute Gasteiger partial charge is 0.324 e. The molecule has 1 heterocycles. The monoisotopic (exact) mass is 367 g/mol. The molecule has 0 aliphatic carbocycles.